The van der Waals surface area contributed by atoms with Crippen molar-refractivity contribution in [3.63, 3.8) is 0 Å². The number of hydrogen-bond acceptors (Lipinski definition) is 4. The van der Waals surface area contributed by atoms with Gasteiger partial charge in [0.15, 0.2) is 0 Å². The molecule has 1 aromatic rings. The van der Waals surface area contributed by atoms with Gasteiger partial charge in [-0.05, 0) is 43.4 Å². The van der Waals surface area contributed by atoms with Crippen LogP contribution in [0.2, 0.25) is 5.02 Å². The molecule has 1 aliphatic carbocycles. The van der Waals surface area contributed by atoms with Gasteiger partial charge in [-0.3, -0.25) is 0 Å². The first-order valence-electron chi connectivity index (χ1n) is 6.71. The first kappa shape index (κ1) is 16.6. The summed E-state index contributed by atoms with van der Waals surface area (Å²) in [6.45, 7) is 1.99. The van der Waals surface area contributed by atoms with E-state index in [1.165, 1.54) is 12.1 Å². The number of halogens is 2. The van der Waals surface area contributed by atoms with Gasteiger partial charge in [-0.25, -0.2) is 13.2 Å². The van der Waals surface area contributed by atoms with Gasteiger partial charge < -0.3 is 4.74 Å². The van der Waals surface area contributed by atoms with Crippen LogP contribution < -0.4 is 0 Å². The van der Waals surface area contributed by atoms with Gasteiger partial charge in [-0.2, -0.15) is 0 Å². The monoisotopic (exact) mass is 350 g/mol. The van der Waals surface area contributed by atoms with Crippen LogP contribution in [0.1, 0.15) is 41.6 Å². The van der Waals surface area contributed by atoms with Gasteiger partial charge in [0.25, 0.3) is 9.05 Å². The summed E-state index contributed by atoms with van der Waals surface area (Å²) in [4.78, 5) is 11.9. The minimum atomic E-state index is -3.95. The number of esters is 1. The van der Waals surface area contributed by atoms with Gasteiger partial charge in [0.2, 0.25) is 0 Å². The molecule has 0 unspecified atom stereocenters. The smallest absolute Gasteiger partial charge is 0.338 e. The summed E-state index contributed by atoms with van der Waals surface area (Å²) in [6, 6.07) is 2.44. The molecule has 1 aromatic carbocycles. The Kier molecular flexibility index (Phi) is 5.17. The van der Waals surface area contributed by atoms with Crippen LogP contribution in [-0.2, 0) is 13.8 Å². The van der Waals surface area contributed by atoms with E-state index in [0.717, 1.165) is 25.7 Å². The van der Waals surface area contributed by atoms with Crippen LogP contribution in [-0.4, -0.2) is 21.0 Å². The van der Waals surface area contributed by atoms with Crippen molar-refractivity contribution in [2.45, 2.75) is 37.5 Å². The Balaban J connectivity index is 2.21. The molecule has 1 fully saturated rings. The number of rotatable bonds is 4. The largest absolute Gasteiger partial charge is 0.462 e. The zero-order chi connectivity index (χ0) is 15.6. The molecule has 21 heavy (non-hydrogen) atoms. The van der Waals surface area contributed by atoms with E-state index in [2.05, 4.69) is 0 Å². The molecule has 0 aromatic heterocycles. The lowest BCUT2D eigenvalue weighted by molar-refractivity contribution is 0.0441. The highest BCUT2D eigenvalue weighted by atomic mass is 35.7. The SMILES string of the molecule is Cc1c(Cl)cc(S(=O)(=O)Cl)cc1C(=O)OCC1CCCC1. The summed E-state index contributed by atoms with van der Waals surface area (Å²) in [6.07, 6.45) is 4.44. The van der Waals surface area contributed by atoms with Crippen LogP contribution in [0.15, 0.2) is 17.0 Å². The fourth-order valence-corrected chi connectivity index (χ4v) is 3.52. The van der Waals surface area contributed by atoms with E-state index in [0.29, 0.717) is 18.1 Å². The van der Waals surface area contributed by atoms with Gasteiger partial charge in [-0.1, -0.05) is 24.4 Å². The zero-order valence-corrected chi connectivity index (χ0v) is 13.9. The number of carbonyl (C=O) groups excluding carboxylic acids is 1. The lowest BCUT2D eigenvalue weighted by Gasteiger charge is -2.12. The van der Waals surface area contributed by atoms with E-state index < -0.39 is 15.0 Å². The molecule has 2 rings (SSSR count). The summed E-state index contributed by atoms with van der Waals surface area (Å²) in [5.74, 6) is -0.173. The molecule has 0 radical (unpaired) electrons. The normalized spacial score (nSPS) is 16.1. The summed E-state index contributed by atoms with van der Waals surface area (Å²) in [5, 5.41) is 0.171. The van der Waals surface area contributed by atoms with Gasteiger partial charge in [-0.15, -0.1) is 0 Å². The minimum Gasteiger partial charge on any atom is -0.462 e. The standard InChI is InChI=1S/C14H16Cl2O4S/c1-9-12(6-11(7-13(9)15)21(16,18)19)14(17)20-8-10-4-2-3-5-10/h6-7,10H,2-5,8H2,1H3. The second-order valence-electron chi connectivity index (χ2n) is 5.26. The van der Waals surface area contributed by atoms with E-state index in [-0.39, 0.29) is 15.5 Å². The topological polar surface area (TPSA) is 60.4 Å². The highest BCUT2D eigenvalue weighted by Crippen LogP contribution is 2.28. The molecule has 7 heteroatoms. The summed E-state index contributed by atoms with van der Waals surface area (Å²) in [5.41, 5.74) is 0.622. The number of ether oxygens (including phenoxy) is 1. The predicted molar refractivity (Wildman–Crippen MR) is 81.5 cm³/mol. The molecule has 0 bridgehead atoms. The Morgan fingerprint density at radius 3 is 2.52 bits per heavy atom. The summed E-state index contributed by atoms with van der Waals surface area (Å²) in [7, 11) is 1.35. The van der Waals surface area contributed by atoms with Crippen LogP contribution in [0.25, 0.3) is 0 Å². The lowest BCUT2D eigenvalue weighted by Crippen LogP contribution is -2.14. The quantitative estimate of drug-likeness (QED) is 0.609. The first-order chi connectivity index (χ1) is 9.79. The molecule has 0 amide bonds. The molecule has 0 saturated heterocycles. The van der Waals surface area contributed by atoms with Crippen LogP contribution in [0.5, 0.6) is 0 Å². The summed E-state index contributed by atoms with van der Waals surface area (Å²) >= 11 is 5.97. The third kappa shape index (κ3) is 4.11. The fraction of sp³-hybridized carbons (Fsp3) is 0.500. The predicted octanol–water partition coefficient (Wildman–Crippen LogP) is 3.92. The molecular formula is C14H16Cl2O4S. The van der Waals surface area contributed by atoms with Crippen LogP contribution in [0.4, 0.5) is 0 Å². The van der Waals surface area contributed by atoms with E-state index in [1.807, 2.05) is 0 Å². The van der Waals surface area contributed by atoms with Crippen LogP contribution in [0.3, 0.4) is 0 Å². The van der Waals surface area contributed by atoms with Gasteiger partial charge in [0.1, 0.15) is 0 Å². The third-order valence-electron chi connectivity index (χ3n) is 3.74. The van der Waals surface area contributed by atoms with Gasteiger partial charge in [0, 0.05) is 15.7 Å². The highest BCUT2D eigenvalue weighted by molar-refractivity contribution is 8.13. The maximum absolute atomic E-state index is 12.1. The molecule has 116 valence electrons. The highest BCUT2D eigenvalue weighted by Gasteiger charge is 2.22. The Morgan fingerprint density at radius 1 is 1.33 bits per heavy atom. The second-order valence-corrected chi connectivity index (χ2v) is 8.24. The van der Waals surface area contributed by atoms with Crippen molar-refractivity contribution < 1.29 is 17.9 Å². The first-order valence-corrected chi connectivity index (χ1v) is 9.39. The van der Waals surface area contributed by atoms with Gasteiger partial charge >= 0.3 is 5.97 Å². The maximum atomic E-state index is 12.1. The molecular weight excluding hydrogens is 335 g/mol. The second kappa shape index (κ2) is 6.55. The molecule has 0 heterocycles. The Morgan fingerprint density at radius 2 is 1.95 bits per heavy atom. The molecule has 1 saturated carbocycles. The molecule has 0 N–H and O–H groups in total. The van der Waals surface area contributed by atoms with Crippen molar-refractivity contribution >= 4 is 37.3 Å². The van der Waals surface area contributed by atoms with Crippen molar-refractivity contribution in [1.82, 2.24) is 0 Å². The number of carbonyl (C=O) groups is 1. The Bertz CT molecular complexity index is 649. The molecule has 1 aliphatic rings. The average Bonchev–Trinajstić information content (AvgIpc) is 2.91. The molecule has 0 atom stereocenters. The molecule has 0 aliphatic heterocycles. The van der Waals surface area contributed by atoms with E-state index in [9.17, 15) is 13.2 Å². The fourth-order valence-electron chi connectivity index (χ4n) is 2.46. The van der Waals surface area contributed by atoms with Gasteiger partial charge in [0.05, 0.1) is 17.1 Å². The maximum Gasteiger partial charge on any atom is 0.338 e. The van der Waals surface area contributed by atoms with Crippen molar-refractivity contribution in [2.75, 3.05) is 6.61 Å². The van der Waals surface area contributed by atoms with Crippen molar-refractivity contribution in [3.8, 4) is 0 Å². The molecule has 0 spiro atoms. The number of benzene rings is 1. The Hall–Kier alpha value is -0.780. The van der Waals surface area contributed by atoms with Crippen molar-refractivity contribution in [3.05, 3.63) is 28.3 Å². The lowest BCUT2D eigenvalue weighted by atomic mass is 10.1. The Labute approximate surface area is 133 Å². The number of hydrogen-bond donors (Lipinski definition) is 0. The minimum absolute atomic E-state index is 0.139. The summed E-state index contributed by atoms with van der Waals surface area (Å²) < 4.78 is 28.1. The van der Waals surface area contributed by atoms with E-state index >= 15 is 0 Å². The molecule has 4 nitrogen and oxygen atoms in total. The zero-order valence-electron chi connectivity index (χ0n) is 11.6. The van der Waals surface area contributed by atoms with Crippen molar-refractivity contribution in [1.29, 1.82) is 0 Å². The van der Waals surface area contributed by atoms with Crippen LogP contribution in [0, 0.1) is 12.8 Å². The van der Waals surface area contributed by atoms with E-state index in [1.54, 1.807) is 6.92 Å². The van der Waals surface area contributed by atoms with Crippen LogP contribution >= 0.6 is 22.3 Å². The van der Waals surface area contributed by atoms with Crippen molar-refractivity contribution in [2.24, 2.45) is 5.92 Å². The average molecular weight is 351 g/mol. The van der Waals surface area contributed by atoms with E-state index in [4.69, 9.17) is 27.0 Å². The third-order valence-corrected chi connectivity index (χ3v) is 5.47.